The van der Waals surface area contributed by atoms with E-state index in [0.717, 1.165) is 0 Å². The molecule has 0 spiro atoms. The Hall–Kier alpha value is -3.86. The zero-order valence-corrected chi connectivity index (χ0v) is 19.5. The molecule has 11 heteroatoms. The third-order valence-corrected chi connectivity index (χ3v) is 6.61. The number of para-hydroxylation sites is 2. The van der Waals surface area contributed by atoms with Crippen LogP contribution in [0.25, 0.3) is 0 Å². The molecule has 1 aliphatic rings. The maximum absolute atomic E-state index is 13.1. The van der Waals surface area contributed by atoms with Crippen LogP contribution in [0.2, 0.25) is 0 Å². The van der Waals surface area contributed by atoms with Crippen LogP contribution in [0.5, 0.6) is 5.75 Å². The molecule has 1 saturated heterocycles. The number of hydrogen-bond acceptors (Lipinski definition) is 9. The molecule has 2 heterocycles. The quantitative estimate of drug-likeness (QED) is 0.322. The molecule has 1 aromatic heterocycles. The Kier molecular flexibility index (Phi) is 6.55. The van der Waals surface area contributed by atoms with Gasteiger partial charge in [-0.3, -0.25) is 19.7 Å². The fourth-order valence-corrected chi connectivity index (χ4v) is 4.76. The van der Waals surface area contributed by atoms with Crippen LogP contribution in [0.15, 0.2) is 42.5 Å². The molecule has 4 rings (SSSR count). The van der Waals surface area contributed by atoms with Crippen molar-refractivity contribution in [3.8, 4) is 5.75 Å². The van der Waals surface area contributed by atoms with E-state index in [-0.39, 0.29) is 46.7 Å². The summed E-state index contributed by atoms with van der Waals surface area (Å²) in [5.41, 5.74) is 0.817. The summed E-state index contributed by atoms with van der Waals surface area (Å²) in [5, 5.41) is 22.4. The SMILES string of the molecule is CC(=O)c1cccc(C(=O)N2CCN(c3nc(Cc4ccccc4[N+](=O)[O-])ns3)CC2C)c1O. The van der Waals surface area contributed by atoms with Gasteiger partial charge in [-0.1, -0.05) is 24.3 Å². The van der Waals surface area contributed by atoms with E-state index in [1.54, 1.807) is 29.2 Å². The molecule has 0 bridgehead atoms. The lowest BCUT2D eigenvalue weighted by atomic mass is 10.0. The van der Waals surface area contributed by atoms with Gasteiger partial charge in [0.25, 0.3) is 11.6 Å². The van der Waals surface area contributed by atoms with Gasteiger partial charge in [-0.05, 0) is 26.0 Å². The second-order valence-electron chi connectivity index (χ2n) is 8.11. The van der Waals surface area contributed by atoms with E-state index in [9.17, 15) is 24.8 Å². The van der Waals surface area contributed by atoms with Crippen molar-refractivity contribution in [1.29, 1.82) is 0 Å². The minimum Gasteiger partial charge on any atom is -0.506 e. The van der Waals surface area contributed by atoms with Crippen molar-refractivity contribution >= 4 is 34.0 Å². The average Bonchev–Trinajstić information content (AvgIpc) is 3.27. The maximum Gasteiger partial charge on any atom is 0.273 e. The fraction of sp³-hybridized carbons (Fsp3) is 0.304. The van der Waals surface area contributed by atoms with E-state index >= 15 is 0 Å². The van der Waals surface area contributed by atoms with Crippen molar-refractivity contribution < 1.29 is 19.6 Å². The van der Waals surface area contributed by atoms with E-state index < -0.39 is 4.92 Å². The van der Waals surface area contributed by atoms with Gasteiger partial charge in [0.2, 0.25) is 5.13 Å². The number of rotatable bonds is 6. The number of piperazine rings is 1. The van der Waals surface area contributed by atoms with Crippen LogP contribution < -0.4 is 4.90 Å². The molecule has 1 aliphatic heterocycles. The van der Waals surface area contributed by atoms with Gasteiger partial charge in [0.15, 0.2) is 5.78 Å². The number of Topliss-reactive ketones (excluding diaryl/α,β-unsaturated/α-hetero) is 1. The second kappa shape index (κ2) is 9.56. The Labute approximate surface area is 199 Å². The largest absolute Gasteiger partial charge is 0.506 e. The van der Waals surface area contributed by atoms with Crippen LogP contribution in [0, 0.1) is 10.1 Å². The molecule has 34 heavy (non-hydrogen) atoms. The topological polar surface area (TPSA) is 130 Å². The predicted molar refractivity (Wildman–Crippen MR) is 127 cm³/mol. The third kappa shape index (κ3) is 4.60. The molecule has 0 saturated carbocycles. The molecule has 1 fully saturated rings. The molecule has 0 radical (unpaired) electrons. The molecule has 1 unspecified atom stereocenters. The molecule has 1 atom stereocenters. The summed E-state index contributed by atoms with van der Waals surface area (Å²) >= 11 is 1.22. The van der Waals surface area contributed by atoms with Crippen molar-refractivity contribution in [2.75, 3.05) is 24.5 Å². The van der Waals surface area contributed by atoms with Gasteiger partial charge in [0, 0.05) is 55.3 Å². The summed E-state index contributed by atoms with van der Waals surface area (Å²) in [6, 6.07) is 11.0. The van der Waals surface area contributed by atoms with Gasteiger partial charge in [-0.2, -0.15) is 4.37 Å². The Balaban J connectivity index is 1.45. The first-order valence-electron chi connectivity index (χ1n) is 10.7. The van der Waals surface area contributed by atoms with Crippen molar-refractivity contribution in [1.82, 2.24) is 14.3 Å². The van der Waals surface area contributed by atoms with Gasteiger partial charge in [-0.15, -0.1) is 0 Å². The van der Waals surface area contributed by atoms with Crippen LogP contribution in [-0.4, -0.2) is 61.7 Å². The van der Waals surface area contributed by atoms with Gasteiger partial charge >= 0.3 is 0 Å². The highest BCUT2D eigenvalue weighted by atomic mass is 32.1. The molecular formula is C23H23N5O5S. The highest BCUT2D eigenvalue weighted by molar-refractivity contribution is 7.09. The molecule has 1 amide bonds. The van der Waals surface area contributed by atoms with Crippen LogP contribution in [0.4, 0.5) is 10.8 Å². The summed E-state index contributed by atoms with van der Waals surface area (Å²) in [4.78, 5) is 43.9. The molecular weight excluding hydrogens is 458 g/mol. The molecule has 2 aromatic carbocycles. The smallest absolute Gasteiger partial charge is 0.273 e. The lowest BCUT2D eigenvalue weighted by Crippen LogP contribution is -2.54. The number of aromatic nitrogens is 2. The van der Waals surface area contributed by atoms with Gasteiger partial charge in [0.05, 0.1) is 16.1 Å². The van der Waals surface area contributed by atoms with E-state index in [1.807, 2.05) is 11.8 Å². The number of carbonyl (C=O) groups excluding carboxylic acids is 2. The number of carbonyl (C=O) groups is 2. The van der Waals surface area contributed by atoms with Gasteiger partial charge in [0.1, 0.15) is 11.6 Å². The zero-order chi connectivity index (χ0) is 24.4. The first kappa shape index (κ1) is 23.3. The lowest BCUT2D eigenvalue weighted by Gasteiger charge is -2.39. The molecule has 176 valence electrons. The van der Waals surface area contributed by atoms with Gasteiger partial charge < -0.3 is 14.9 Å². The minimum atomic E-state index is -0.412. The summed E-state index contributed by atoms with van der Waals surface area (Å²) < 4.78 is 4.37. The number of ketones is 1. The maximum atomic E-state index is 13.1. The third-order valence-electron chi connectivity index (χ3n) is 5.80. The number of nitro groups is 1. The molecule has 1 N–H and O–H groups in total. The molecule has 10 nitrogen and oxygen atoms in total. The first-order valence-corrected chi connectivity index (χ1v) is 11.5. The van der Waals surface area contributed by atoms with Crippen LogP contribution in [-0.2, 0) is 6.42 Å². The Morgan fingerprint density at radius 1 is 1.18 bits per heavy atom. The van der Waals surface area contributed by atoms with E-state index in [4.69, 9.17) is 0 Å². The number of phenols is 1. The minimum absolute atomic E-state index is 0.0386. The number of nitro benzene ring substituents is 1. The van der Waals surface area contributed by atoms with E-state index in [1.165, 1.54) is 36.7 Å². The van der Waals surface area contributed by atoms with Crippen LogP contribution >= 0.6 is 11.5 Å². The summed E-state index contributed by atoms with van der Waals surface area (Å²) in [5.74, 6) is -0.426. The Morgan fingerprint density at radius 2 is 1.91 bits per heavy atom. The fourth-order valence-electron chi connectivity index (χ4n) is 4.04. The van der Waals surface area contributed by atoms with Gasteiger partial charge in [-0.25, -0.2) is 4.98 Å². The number of anilines is 1. The zero-order valence-electron chi connectivity index (χ0n) is 18.7. The number of hydrogen-bond donors (Lipinski definition) is 1. The summed E-state index contributed by atoms with van der Waals surface area (Å²) in [6.07, 6.45) is 0.257. The Morgan fingerprint density at radius 3 is 2.62 bits per heavy atom. The summed E-state index contributed by atoms with van der Waals surface area (Å²) in [7, 11) is 0. The predicted octanol–water partition coefficient (Wildman–Crippen LogP) is 3.30. The normalized spacial score (nSPS) is 15.9. The number of aromatic hydroxyl groups is 1. The number of benzene rings is 2. The average molecular weight is 482 g/mol. The summed E-state index contributed by atoms with van der Waals surface area (Å²) in [6.45, 7) is 4.69. The monoisotopic (exact) mass is 481 g/mol. The first-order chi connectivity index (χ1) is 16.3. The van der Waals surface area contributed by atoms with Crippen LogP contribution in [0.1, 0.15) is 46.0 Å². The lowest BCUT2D eigenvalue weighted by molar-refractivity contribution is -0.385. The number of amides is 1. The highest BCUT2D eigenvalue weighted by Gasteiger charge is 2.31. The number of nitrogens with zero attached hydrogens (tertiary/aromatic N) is 5. The molecule has 0 aliphatic carbocycles. The molecule has 3 aromatic rings. The van der Waals surface area contributed by atoms with E-state index in [2.05, 4.69) is 9.36 Å². The standard InChI is InChI=1S/C23H23N5O5S/c1-14-13-26(10-11-27(14)22(31)18-8-5-7-17(15(2)29)21(18)30)23-24-20(25-34-23)12-16-6-3-4-9-19(16)28(32)33/h3-9,14,30H,10-13H2,1-2H3. The Bertz CT molecular complexity index is 1260. The second-order valence-corrected chi connectivity index (χ2v) is 8.84. The van der Waals surface area contributed by atoms with Crippen molar-refractivity contribution in [3.63, 3.8) is 0 Å². The highest BCUT2D eigenvalue weighted by Crippen LogP contribution is 2.28. The van der Waals surface area contributed by atoms with Crippen LogP contribution in [0.3, 0.4) is 0 Å². The van der Waals surface area contributed by atoms with Crippen molar-refractivity contribution in [2.24, 2.45) is 0 Å². The van der Waals surface area contributed by atoms with Crippen molar-refractivity contribution in [3.05, 3.63) is 75.1 Å². The van der Waals surface area contributed by atoms with Crippen molar-refractivity contribution in [2.45, 2.75) is 26.3 Å². The number of phenolic OH excluding ortho intramolecular Hbond substituents is 1. The van der Waals surface area contributed by atoms with E-state index in [0.29, 0.717) is 36.2 Å².